The second kappa shape index (κ2) is 3.00. The van der Waals surface area contributed by atoms with Crippen molar-refractivity contribution in [2.75, 3.05) is 0 Å². The highest BCUT2D eigenvalue weighted by atomic mass is 79.9. The standard InChI is InChI=1S/C10H8BrNO/c1-12-5-9(11)8-4-7(6-13)2-3-10(8)12/h2-6H,1H3. The molecule has 13 heavy (non-hydrogen) atoms. The van der Waals surface area contributed by atoms with Gasteiger partial charge in [0, 0.05) is 34.2 Å². The minimum absolute atomic E-state index is 0.708. The molecular formula is C10H8BrNO. The molecule has 0 aliphatic heterocycles. The zero-order valence-corrected chi connectivity index (χ0v) is 8.71. The molecule has 0 N–H and O–H groups in total. The molecule has 0 radical (unpaired) electrons. The molecule has 0 spiro atoms. The number of hydrogen-bond acceptors (Lipinski definition) is 1. The van der Waals surface area contributed by atoms with Gasteiger partial charge in [0.15, 0.2) is 0 Å². The van der Waals surface area contributed by atoms with E-state index < -0.39 is 0 Å². The fourth-order valence-electron chi connectivity index (χ4n) is 1.43. The molecule has 0 aliphatic carbocycles. The quantitative estimate of drug-likeness (QED) is 0.700. The maximum Gasteiger partial charge on any atom is 0.150 e. The Morgan fingerprint density at radius 1 is 1.46 bits per heavy atom. The summed E-state index contributed by atoms with van der Waals surface area (Å²) in [4.78, 5) is 10.5. The summed E-state index contributed by atoms with van der Waals surface area (Å²) < 4.78 is 3.04. The van der Waals surface area contributed by atoms with Crippen molar-refractivity contribution in [2.45, 2.75) is 0 Å². The first-order valence-corrected chi connectivity index (χ1v) is 4.71. The van der Waals surface area contributed by atoms with Gasteiger partial charge in [-0.15, -0.1) is 0 Å². The molecule has 0 atom stereocenters. The van der Waals surface area contributed by atoms with Gasteiger partial charge in [0.1, 0.15) is 6.29 Å². The Hall–Kier alpha value is -1.09. The molecule has 0 saturated carbocycles. The summed E-state index contributed by atoms with van der Waals surface area (Å²) in [5.41, 5.74) is 1.83. The molecule has 0 fully saturated rings. The number of aldehydes is 1. The minimum Gasteiger partial charge on any atom is -0.349 e. The summed E-state index contributed by atoms with van der Waals surface area (Å²) in [6.45, 7) is 0. The summed E-state index contributed by atoms with van der Waals surface area (Å²) in [5, 5.41) is 1.08. The Morgan fingerprint density at radius 2 is 2.23 bits per heavy atom. The van der Waals surface area contributed by atoms with Crippen LogP contribution in [0.2, 0.25) is 0 Å². The number of aromatic nitrogens is 1. The monoisotopic (exact) mass is 237 g/mol. The zero-order valence-electron chi connectivity index (χ0n) is 7.12. The topological polar surface area (TPSA) is 22.0 Å². The van der Waals surface area contributed by atoms with Crippen molar-refractivity contribution in [2.24, 2.45) is 7.05 Å². The molecule has 0 saturated heterocycles. The van der Waals surface area contributed by atoms with Crippen molar-refractivity contribution in [3.63, 3.8) is 0 Å². The van der Waals surface area contributed by atoms with Crippen LogP contribution in [0.1, 0.15) is 10.4 Å². The van der Waals surface area contributed by atoms with E-state index >= 15 is 0 Å². The van der Waals surface area contributed by atoms with Gasteiger partial charge in [-0.1, -0.05) is 0 Å². The molecule has 2 rings (SSSR count). The second-order valence-corrected chi connectivity index (χ2v) is 3.84. The molecule has 1 heterocycles. The van der Waals surface area contributed by atoms with Crippen LogP contribution in [0.3, 0.4) is 0 Å². The first kappa shape index (κ1) is 8.51. The number of carbonyl (C=O) groups is 1. The Kier molecular flexibility index (Phi) is 1.96. The van der Waals surface area contributed by atoms with E-state index in [0.717, 1.165) is 21.7 Å². The van der Waals surface area contributed by atoms with E-state index in [1.54, 1.807) is 0 Å². The lowest BCUT2D eigenvalue weighted by atomic mass is 10.2. The second-order valence-electron chi connectivity index (χ2n) is 2.98. The van der Waals surface area contributed by atoms with Gasteiger partial charge in [-0.05, 0) is 34.1 Å². The van der Waals surface area contributed by atoms with Gasteiger partial charge in [-0.3, -0.25) is 4.79 Å². The minimum atomic E-state index is 0.708. The molecule has 1 aromatic carbocycles. The Balaban J connectivity index is 2.83. The highest BCUT2D eigenvalue weighted by molar-refractivity contribution is 9.10. The average Bonchev–Trinajstić information content (AvgIpc) is 2.42. The van der Waals surface area contributed by atoms with Gasteiger partial charge in [0.05, 0.1) is 0 Å². The number of hydrogen-bond donors (Lipinski definition) is 0. The normalized spacial score (nSPS) is 10.6. The van der Waals surface area contributed by atoms with Crippen LogP contribution in [-0.4, -0.2) is 10.9 Å². The van der Waals surface area contributed by atoms with Crippen LogP contribution in [0.4, 0.5) is 0 Å². The van der Waals surface area contributed by atoms with Gasteiger partial charge in [0.2, 0.25) is 0 Å². The summed E-state index contributed by atoms with van der Waals surface area (Å²) in [6.07, 6.45) is 2.85. The summed E-state index contributed by atoms with van der Waals surface area (Å²) in [6, 6.07) is 5.65. The van der Waals surface area contributed by atoms with Crippen LogP contribution in [0.15, 0.2) is 28.9 Å². The van der Waals surface area contributed by atoms with Gasteiger partial charge in [-0.25, -0.2) is 0 Å². The molecule has 0 amide bonds. The van der Waals surface area contributed by atoms with Crippen LogP contribution in [0.25, 0.3) is 10.9 Å². The highest BCUT2D eigenvalue weighted by Gasteiger charge is 2.03. The number of fused-ring (bicyclic) bond motifs is 1. The lowest BCUT2D eigenvalue weighted by Gasteiger charge is -1.95. The van der Waals surface area contributed by atoms with Crippen LogP contribution in [-0.2, 0) is 7.05 Å². The Labute approximate surface area is 84.3 Å². The van der Waals surface area contributed by atoms with E-state index in [4.69, 9.17) is 0 Å². The van der Waals surface area contributed by atoms with E-state index in [2.05, 4.69) is 15.9 Å². The molecule has 2 nitrogen and oxygen atoms in total. The van der Waals surface area contributed by atoms with E-state index in [0.29, 0.717) is 5.56 Å². The first-order valence-electron chi connectivity index (χ1n) is 3.92. The van der Waals surface area contributed by atoms with Crippen molar-refractivity contribution in [1.82, 2.24) is 4.57 Å². The third kappa shape index (κ3) is 1.29. The summed E-state index contributed by atoms with van der Waals surface area (Å²) in [5.74, 6) is 0. The van der Waals surface area contributed by atoms with Gasteiger partial charge in [0.25, 0.3) is 0 Å². The highest BCUT2D eigenvalue weighted by Crippen LogP contribution is 2.25. The predicted molar refractivity (Wildman–Crippen MR) is 56.0 cm³/mol. The van der Waals surface area contributed by atoms with E-state index in [9.17, 15) is 4.79 Å². The van der Waals surface area contributed by atoms with Gasteiger partial charge >= 0.3 is 0 Å². The van der Waals surface area contributed by atoms with E-state index in [1.807, 2.05) is 36.0 Å². The number of rotatable bonds is 1. The van der Waals surface area contributed by atoms with Crippen molar-refractivity contribution in [3.8, 4) is 0 Å². The largest absolute Gasteiger partial charge is 0.349 e. The van der Waals surface area contributed by atoms with Crippen LogP contribution >= 0.6 is 15.9 Å². The number of nitrogens with zero attached hydrogens (tertiary/aromatic N) is 1. The fourth-order valence-corrected chi connectivity index (χ4v) is 2.06. The van der Waals surface area contributed by atoms with Crippen LogP contribution in [0.5, 0.6) is 0 Å². The van der Waals surface area contributed by atoms with Crippen LogP contribution < -0.4 is 0 Å². The summed E-state index contributed by atoms with van der Waals surface area (Å²) in [7, 11) is 1.98. The van der Waals surface area contributed by atoms with E-state index in [1.165, 1.54) is 0 Å². The number of benzene rings is 1. The summed E-state index contributed by atoms with van der Waals surface area (Å²) >= 11 is 3.44. The molecule has 1 aromatic heterocycles. The maximum absolute atomic E-state index is 10.5. The Morgan fingerprint density at radius 3 is 2.92 bits per heavy atom. The van der Waals surface area contributed by atoms with Crippen LogP contribution in [0, 0.1) is 0 Å². The predicted octanol–water partition coefficient (Wildman–Crippen LogP) is 2.75. The molecule has 2 aromatic rings. The number of halogens is 1. The first-order chi connectivity index (χ1) is 6.22. The third-order valence-electron chi connectivity index (χ3n) is 2.10. The molecule has 66 valence electrons. The zero-order chi connectivity index (χ0) is 9.42. The third-order valence-corrected chi connectivity index (χ3v) is 2.73. The average molecular weight is 238 g/mol. The lowest BCUT2D eigenvalue weighted by molar-refractivity contribution is 0.112. The van der Waals surface area contributed by atoms with Crippen molar-refractivity contribution < 1.29 is 4.79 Å². The van der Waals surface area contributed by atoms with Crippen molar-refractivity contribution in [1.29, 1.82) is 0 Å². The van der Waals surface area contributed by atoms with Gasteiger partial charge < -0.3 is 4.57 Å². The fraction of sp³-hybridized carbons (Fsp3) is 0.100. The van der Waals surface area contributed by atoms with Crippen molar-refractivity contribution in [3.05, 3.63) is 34.4 Å². The number of carbonyl (C=O) groups excluding carboxylic acids is 1. The molecule has 3 heteroatoms. The molecule has 0 unspecified atom stereocenters. The Bertz CT molecular complexity index is 473. The maximum atomic E-state index is 10.5. The smallest absolute Gasteiger partial charge is 0.150 e. The van der Waals surface area contributed by atoms with Gasteiger partial charge in [-0.2, -0.15) is 0 Å². The lowest BCUT2D eigenvalue weighted by Crippen LogP contribution is -1.84. The molecular weight excluding hydrogens is 230 g/mol. The number of aryl methyl sites for hydroxylation is 1. The molecule has 0 aliphatic rings. The van der Waals surface area contributed by atoms with E-state index in [-0.39, 0.29) is 0 Å². The molecule has 0 bridgehead atoms. The SMILES string of the molecule is Cn1cc(Br)c2cc(C=O)ccc21. The van der Waals surface area contributed by atoms with Crippen molar-refractivity contribution >= 4 is 33.1 Å².